The standard InChI is InChI=1S/C10H19F3N4O2S2/c1-2-8(9(14)20)16-3-5-17(6-4-16)21(18,19)15-7-10(11,12)13/h8,15H,2-7H2,1H3,(H2,14,20). The first-order valence-corrected chi connectivity index (χ1v) is 8.26. The van der Waals surface area contributed by atoms with E-state index in [1.807, 2.05) is 11.8 Å². The van der Waals surface area contributed by atoms with Crippen molar-refractivity contribution in [3.8, 4) is 0 Å². The molecular weight excluding hydrogens is 329 g/mol. The van der Waals surface area contributed by atoms with Crippen molar-refractivity contribution in [1.29, 1.82) is 0 Å². The maximum absolute atomic E-state index is 12.1. The molecule has 0 radical (unpaired) electrons. The fourth-order valence-corrected chi connectivity index (χ4v) is 3.65. The summed E-state index contributed by atoms with van der Waals surface area (Å²) < 4.78 is 62.3. The normalized spacial score (nSPS) is 20.4. The van der Waals surface area contributed by atoms with Crippen LogP contribution in [0.15, 0.2) is 0 Å². The number of hydrogen-bond donors (Lipinski definition) is 2. The molecule has 0 aromatic carbocycles. The Labute approximate surface area is 127 Å². The first-order chi connectivity index (χ1) is 9.57. The van der Waals surface area contributed by atoms with Crippen molar-refractivity contribution in [2.45, 2.75) is 25.6 Å². The molecule has 3 N–H and O–H groups in total. The Morgan fingerprint density at radius 3 is 2.24 bits per heavy atom. The summed E-state index contributed by atoms with van der Waals surface area (Å²) in [5.74, 6) is 0. The Bertz CT molecular complexity index is 461. The SMILES string of the molecule is CCC(C(N)=S)N1CCN(S(=O)(=O)NCC(F)(F)F)CC1. The van der Waals surface area contributed by atoms with Gasteiger partial charge in [0.05, 0.1) is 11.0 Å². The van der Waals surface area contributed by atoms with Gasteiger partial charge in [-0.1, -0.05) is 19.1 Å². The Morgan fingerprint density at radius 1 is 1.33 bits per heavy atom. The van der Waals surface area contributed by atoms with E-state index in [2.05, 4.69) is 0 Å². The summed E-state index contributed by atoms with van der Waals surface area (Å²) in [7, 11) is -4.12. The molecule has 21 heavy (non-hydrogen) atoms. The van der Waals surface area contributed by atoms with Crippen LogP contribution in [0.1, 0.15) is 13.3 Å². The number of alkyl halides is 3. The third-order valence-electron chi connectivity index (χ3n) is 3.22. The maximum atomic E-state index is 12.1. The van der Waals surface area contributed by atoms with Gasteiger partial charge in [-0.2, -0.15) is 30.6 Å². The fraction of sp³-hybridized carbons (Fsp3) is 0.900. The first kappa shape index (κ1) is 18.6. The highest BCUT2D eigenvalue weighted by molar-refractivity contribution is 7.87. The molecule has 0 aromatic rings. The zero-order chi connectivity index (χ0) is 16.3. The number of thiocarbonyl (C=S) groups is 1. The van der Waals surface area contributed by atoms with E-state index in [9.17, 15) is 21.6 Å². The average Bonchev–Trinajstić information content (AvgIpc) is 2.37. The molecule has 1 unspecified atom stereocenters. The molecule has 11 heteroatoms. The molecule has 0 spiro atoms. The molecule has 1 saturated heterocycles. The van der Waals surface area contributed by atoms with E-state index in [4.69, 9.17) is 18.0 Å². The van der Waals surface area contributed by atoms with Gasteiger partial charge in [0, 0.05) is 26.2 Å². The zero-order valence-corrected chi connectivity index (χ0v) is 13.2. The molecule has 1 atom stereocenters. The average molecular weight is 348 g/mol. The minimum atomic E-state index is -4.58. The van der Waals surface area contributed by atoms with Gasteiger partial charge in [0.2, 0.25) is 0 Å². The van der Waals surface area contributed by atoms with Crippen molar-refractivity contribution in [3.05, 3.63) is 0 Å². The monoisotopic (exact) mass is 348 g/mol. The molecule has 0 bridgehead atoms. The second-order valence-electron chi connectivity index (χ2n) is 4.70. The van der Waals surface area contributed by atoms with Crippen LogP contribution in [-0.4, -0.2) is 67.6 Å². The second kappa shape index (κ2) is 7.18. The number of nitrogens with one attached hydrogen (secondary N) is 1. The van der Waals surface area contributed by atoms with Gasteiger partial charge in [0.1, 0.15) is 6.54 Å². The summed E-state index contributed by atoms with van der Waals surface area (Å²) in [5, 5.41) is 0. The highest BCUT2D eigenvalue weighted by Gasteiger charge is 2.34. The van der Waals surface area contributed by atoms with E-state index in [0.29, 0.717) is 24.5 Å². The van der Waals surface area contributed by atoms with Crippen LogP contribution < -0.4 is 10.5 Å². The van der Waals surface area contributed by atoms with Crippen LogP contribution in [0.3, 0.4) is 0 Å². The van der Waals surface area contributed by atoms with E-state index in [-0.39, 0.29) is 19.1 Å². The fourth-order valence-electron chi connectivity index (χ4n) is 2.16. The predicted octanol–water partition coefficient (Wildman–Crippen LogP) is 0.0654. The number of nitrogens with zero attached hydrogens (tertiary/aromatic N) is 2. The van der Waals surface area contributed by atoms with Crippen LogP contribution in [0, 0.1) is 0 Å². The zero-order valence-electron chi connectivity index (χ0n) is 11.6. The van der Waals surface area contributed by atoms with Crippen LogP contribution in [0.5, 0.6) is 0 Å². The predicted molar refractivity (Wildman–Crippen MR) is 77.0 cm³/mol. The summed E-state index contributed by atoms with van der Waals surface area (Å²) in [6.07, 6.45) is -3.87. The van der Waals surface area contributed by atoms with Crippen molar-refractivity contribution in [1.82, 2.24) is 13.9 Å². The Kier molecular flexibility index (Phi) is 6.35. The van der Waals surface area contributed by atoms with Crippen molar-refractivity contribution in [2.24, 2.45) is 5.73 Å². The summed E-state index contributed by atoms with van der Waals surface area (Å²) >= 11 is 4.95. The third-order valence-corrected chi connectivity index (χ3v) is 5.05. The van der Waals surface area contributed by atoms with Crippen LogP contribution in [-0.2, 0) is 10.2 Å². The number of piperazine rings is 1. The Balaban J connectivity index is 2.57. The van der Waals surface area contributed by atoms with Gasteiger partial charge in [-0.3, -0.25) is 4.90 Å². The van der Waals surface area contributed by atoms with Gasteiger partial charge in [0.25, 0.3) is 10.2 Å². The molecule has 0 aliphatic carbocycles. The van der Waals surface area contributed by atoms with E-state index in [0.717, 1.165) is 4.31 Å². The van der Waals surface area contributed by atoms with Gasteiger partial charge < -0.3 is 5.73 Å². The molecule has 1 rings (SSSR count). The lowest BCUT2D eigenvalue weighted by atomic mass is 10.1. The van der Waals surface area contributed by atoms with Gasteiger partial charge in [-0.15, -0.1) is 0 Å². The van der Waals surface area contributed by atoms with E-state index in [1.165, 1.54) is 0 Å². The molecule has 1 heterocycles. The van der Waals surface area contributed by atoms with E-state index < -0.39 is 22.9 Å². The summed E-state index contributed by atoms with van der Waals surface area (Å²) in [6.45, 7) is 1.31. The van der Waals surface area contributed by atoms with Gasteiger partial charge >= 0.3 is 6.18 Å². The Morgan fingerprint density at radius 2 is 1.86 bits per heavy atom. The second-order valence-corrected chi connectivity index (χ2v) is 6.93. The van der Waals surface area contributed by atoms with Crippen LogP contribution >= 0.6 is 12.2 Å². The minimum Gasteiger partial charge on any atom is -0.392 e. The lowest BCUT2D eigenvalue weighted by Crippen LogP contribution is -2.56. The first-order valence-electron chi connectivity index (χ1n) is 6.41. The van der Waals surface area contributed by atoms with E-state index >= 15 is 0 Å². The summed E-state index contributed by atoms with van der Waals surface area (Å²) in [6, 6.07) is -0.118. The molecule has 0 aromatic heterocycles. The topological polar surface area (TPSA) is 78.7 Å². The lowest BCUT2D eigenvalue weighted by Gasteiger charge is -2.37. The van der Waals surface area contributed by atoms with Gasteiger partial charge in [-0.25, -0.2) is 0 Å². The van der Waals surface area contributed by atoms with Crippen molar-refractivity contribution in [2.75, 3.05) is 32.7 Å². The maximum Gasteiger partial charge on any atom is 0.402 e. The van der Waals surface area contributed by atoms with Gasteiger partial charge in [0.15, 0.2) is 0 Å². The summed E-state index contributed by atoms with van der Waals surface area (Å²) in [5.41, 5.74) is 5.61. The molecule has 6 nitrogen and oxygen atoms in total. The largest absolute Gasteiger partial charge is 0.402 e. The number of hydrogen-bond acceptors (Lipinski definition) is 4. The third kappa shape index (κ3) is 5.66. The minimum absolute atomic E-state index is 0.103. The van der Waals surface area contributed by atoms with Crippen LogP contribution in [0.25, 0.3) is 0 Å². The molecule has 1 aliphatic heterocycles. The molecule has 0 amide bonds. The number of rotatable bonds is 6. The van der Waals surface area contributed by atoms with Crippen LogP contribution in [0.2, 0.25) is 0 Å². The summed E-state index contributed by atoms with van der Waals surface area (Å²) in [4.78, 5) is 2.28. The molecule has 0 saturated carbocycles. The quantitative estimate of drug-likeness (QED) is 0.664. The number of halogens is 3. The molecule has 1 aliphatic rings. The number of nitrogens with two attached hydrogens (primary N) is 1. The van der Waals surface area contributed by atoms with Gasteiger partial charge in [-0.05, 0) is 6.42 Å². The lowest BCUT2D eigenvalue weighted by molar-refractivity contribution is -0.121. The molecule has 1 fully saturated rings. The van der Waals surface area contributed by atoms with Crippen molar-refractivity contribution < 1.29 is 21.6 Å². The van der Waals surface area contributed by atoms with E-state index in [1.54, 1.807) is 4.72 Å². The highest BCUT2D eigenvalue weighted by Crippen LogP contribution is 2.15. The Hall–Kier alpha value is -0.490. The van der Waals surface area contributed by atoms with Crippen molar-refractivity contribution in [3.63, 3.8) is 0 Å². The molecule has 124 valence electrons. The molecular formula is C10H19F3N4O2S2. The van der Waals surface area contributed by atoms with Crippen molar-refractivity contribution >= 4 is 27.4 Å². The van der Waals surface area contributed by atoms with Crippen LogP contribution in [0.4, 0.5) is 13.2 Å². The smallest absolute Gasteiger partial charge is 0.392 e. The highest BCUT2D eigenvalue weighted by atomic mass is 32.2.